The molecule has 0 saturated heterocycles. The van der Waals surface area contributed by atoms with Gasteiger partial charge in [0.2, 0.25) is 0 Å². The van der Waals surface area contributed by atoms with Gasteiger partial charge in [0.1, 0.15) is 0 Å². The van der Waals surface area contributed by atoms with Crippen LogP contribution in [0.5, 0.6) is 0 Å². The SMILES string of the molecule is CNC(c1cncc(Br)c1)c1cccc2ccncc12. The van der Waals surface area contributed by atoms with Gasteiger partial charge >= 0.3 is 0 Å². The normalized spacial score (nSPS) is 12.5. The number of hydrogen-bond donors (Lipinski definition) is 1. The van der Waals surface area contributed by atoms with E-state index in [-0.39, 0.29) is 6.04 Å². The molecule has 3 rings (SSSR count). The Balaban J connectivity index is 2.17. The molecule has 1 N–H and O–H groups in total. The summed E-state index contributed by atoms with van der Waals surface area (Å²) in [5.74, 6) is 0. The van der Waals surface area contributed by atoms with Crippen LogP contribution in [0.4, 0.5) is 0 Å². The van der Waals surface area contributed by atoms with E-state index in [1.165, 1.54) is 10.9 Å². The molecule has 0 aliphatic carbocycles. The molecule has 0 radical (unpaired) electrons. The standard InChI is InChI=1S/C16H14BrN3/c1-18-16(12-7-13(17)9-20-8-12)14-4-2-3-11-5-6-19-10-15(11)14/h2-10,16,18H,1H3. The Labute approximate surface area is 126 Å². The van der Waals surface area contributed by atoms with Crippen LogP contribution in [0.2, 0.25) is 0 Å². The van der Waals surface area contributed by atoms with Gasteiger partial charge in [-0.3, -0.25) is 9.97 Å². The summed E-state index contributed by atoms with van der Waals surface area (Å²) in [6.45, 7) is 0. The molecule has 0 aliphatic rings. The topological polar surface area (TPSA) is 37.8 Å². The Kier molecular flexibility index (Phi) is 3.76. The summed E-state index contributed by atoms with van der Waals surface area (Å²) in [5, 5.41) is 5.72. The van der Waals surface area contributed by atoms with Crippen molar-refractivity contribution in [3.05, 3.63) is 70.7 Å². The van der Waals surface area contributed by atoms with Gasteiger partial charge in [0, 0.05) is 34.6 Å². The lowest BCUT2D eigenvalue weighted by molar-refractivity contribution is 0.693. The van der Waals surface area contributed by atoms with E-state index in [2.05, 4.69) is 55.5 Å². The second-order valence-electron chi connectivity index (χ2n) is 4.60. The van der Waals surface area contributed by atoms with E-state index < -0.39 is 0 Å². The monoisotopic (exact) mass is 327 g/mol. The second-order valence-corrected chi connectivity index (χ2v) is 5.52. The minimum atomic E-state index is 0.0906. The number of benzene rings is 1. The summed E-state index contributed by atoms with van der Waals surface area (Å²) in [7, 11) is 1.96. The lowest BCUT2D eigenvalue weighted by Gasteiger charge is -2.19. The van der Waals surface area contributed by atoms with Gasteiger partial charge in [-0.15, -0.1) is 0 Å². The van der Waals surface area contributed by atoms with Crippen molar-refractivity contribution in [1.82, 2.24) is 15.3 Å². The van der Waals surface area contributed by atoms with Crippen molar-refractivity contribution in [3.8, 4) is 0 Å². The fourth-order valence-electron chi connectivity index (χ4n) is 2.48. The molecule has 0 spiro atoms. The second kappa shape index (κ2) is 5.69. The number of pyridine rings is 2. The predicted molar refractivity (Wildman–Crippen MR) is 84.6 cm³/mol. The van der Waals surface area contributed by atoms with Crippen LogP contribution < -0.4 is 5.32 Å². The molecule has 0 amide bonds. The van der Waals surface area contributed by atoms with Crippen molar-refractivity contribution < 1.29 is 0 Å². The van der Waals surface area contributed by atoms with Gasteiger partial charge in [0.05, 0.1) is 6.04 Å². The first-order chi connectivity index (χ1) is 9.79. The van der Waals surface area contributed by atoms with Crippen LogP contribution >= 0.6 is 15.9 Å². The third-order valence-corrected chi connectivity index (χ3v) is 3.81. The van der Waals surface area contributed by atoms with Gasteiger partial charge in [0.25, 0.3) is 0 Å². The lowest BCUT2D eigenvalue weighted by Crippen LogP contribution is -2.18. The largest absolute Gasteiger partial charge is 0.309 e. The van der Waals surface area contributed by atoms with E-state index in [1.54, 1.807) is 6.20 Å². The van der Waals surface area contributed by atoms with E-state index >= 15 is 0 Å². The highest BCUT2D eigenvalue weighted by atomic mass is 79.9. The smallest absolute Gasteiger partial charge is 0.0596 e. The summed E-state index contributed by atoms with van der Waals surface area (Å²) in [4.78, 5) is 8.50. The molecule has 100 valence electrons. The Morgan fingerprint density at radius 1 is 1.10 bits per heavy atom. The molecular formula is C16H14BrN3. The first-order valence-corrected chi connectivity index (χ1v) is 7.19. The van der Waals surface area contributed by atoms with Gasteiger partial charge in [-0.2, -0.15) is 0 Å². The Hall–Kier alpha value is -1.78. The van der Waals surface area contributed by atoms with Crippen LogP contribution in [0.3, 0.4) is 0 Å². The first-order valence-electron chi connectivity index (χ1n) is 6.40. The maximum Gasteiger partial charge on any atom is 0.0596 e. The van der Waals surface area contributed by atoms with Crippen LogP contribution in [0.1, 0.15) is 17.2 Å². The highest BCUT2D eigenvalue weighted by Gasteiger charge is 2.15. The fraction of sp³-hybridized carbons (Fsp3) is 0.125. The maximum absolute atomic E-state index is 4.26. The third kappa shape index (κ3) is 2.44. The molecule has 3 nitrogen and oxygen atoms in total. The molecule has 0 bridgehead atoms. The zero-order valence-corrected chi connectivity index (χ0v) is 12.6. The quantitative estimate of drug-likeness (QED) is 0.797. The van der Waals surface area contributed by atoms with Gasteiger partial charge in [-0.05, 0) is 51.6 Å². The van der Waals surface area contributed by atoms with Crippen molar-refractivity contribution in [3.63, 3.8) is 0 Å². The minimum absolute atomic E-state index is 0.0906. The Morgan fingerprint density at radius 2 is 2.00 bits per heavy atom. The minimum Gasteiger partial charge on any atom is -0.309 e. The summed E-state index contributed by atoms with van der Waals surface area (Å²) in [6, 6.07) is 10.5. The van der Waals surface area contributed by atoms with Crippen molar-refractivity contribution in [2.45, 2.75) is 6.04 Å². The molecule has 3 aromatic rings. The number of nitrogens with zero attached hydrogens (tertiary/aromatic N) is 2. The maximum atomic E-state index is 4.26. The summed E-state index contributed by atoms with van der Waals surface area (Å²) in [5.41, 5.74) is 2.33. The average Bonchev–Trinajstić information content (AvgIpc) is 2.48. The van der Waals surface area contributed by atoms with E-state index in [1.807, 2.05) is 31.7 Å². The van der Waals surface area contributed by atoms with Crippen LogP contribution in [0.25, 0.3) is 10.8 Å². The van der Waals surface area contributed by atoms with Gasteiger partial charge in [0.15, 0.2) is 0 Å². The van der Waals surface area contributed by atoms with E-state index in [4.69, 9.17) is 0 Å². The van der Waals surface area contributed by atoms with E-state index in [0.29, 0.717) is 0 Å². The lowest BCUT2D eigenvalue weighted by atomic mass is 9.96. The summed E-state index contributed by atoms with van der Waals surface area (Å²) < 4.78 is 0.980. The molecule has 20 heavy (non-hydrogen) atoms. The molecule has 2 aromatic heterocycles. The van der Waals surface area contributed by atoms with Crippen LogP contribution in [-0.4, -0.2) is 17.0 Å². The number of fused-ring (bicyclic) bond motifs is 1. The number of hydrogen-bond acceptors (Lipinski definition) is 3. The molecule has 0 saturated carbocycles. The van der Waals surface area contributed by atoms with Crippen molar-refractivity contribution >= 4 is 26.7 Å². The molecule has 1 aromatic carbocycles. The first kappa shape index (κ1) is 13.2. The Bertz CT molecular complexity index is 737. The highest BCUT2D eigenvalue weighted by molar-refractivity contribution is 9.10. The molecular weight excluding hydrogens is 314 g/mol. The summed E-state index contributed by atoms with van der Waals surface area (Å²) >= 11 is 3.48. The van der Waals surface area contributed by atoms with Crippen molar-refractivity contribution in [2.75, 3.05) is 7.05 Å². The van der Waals surface area contributed by atoms with Crippen molar-refractivity contribution in [2.24, 2.45) is 0 Å². The number of halogens is 1. The molecule has 4 heteroatoms. The van der Waals surface area contributed by atoms with Crippen LogP contribution in [-0.2, 0) is 0 Å². The predicted octanol–water partition coefficient (Wildman–Crippen LogP) is 3.70. The zero-order chi connectivity index (χ0) is 13.9. The third-order valence-electron chi connectivity index (χ3n) is 3.38. The fourth-order valence-corrected chi connectivity index (χ4v) is 2.86. The van der Waals surface area contributed by atoms with Crippen molar-refractivity contribution in [1.29, 1.82) is 0 Å². The average molecular weight is 328 g/mol. The van der Waals surface area contributed by atoms with Gasteiger partial charge in [-0.25, -0.2) is 0 Å². The molecule has 2 heterocycles. The van der Waals surface area contributed by atoms with E-state index in [0.717, 1.165) is 15.4 Å². The number of rotatable bonds is 3. The number of aromatic nitrogens is 2. The van der Waals surface area contributed by atoms with Crippen LogP contribution in [0, 0.1) is 0 Å². The molecule has 0 aliphatic heterocycles. The van der Waals surface area contributed by atoms with E-state index in [9.17, 15) is 0 Å². The van der Waals surface area contributed by atoms with Gasteiger partial charge in [-0.1, -0.05) is 18.2 Å². The Morgan fingerprint density at radius 3 is 2.80 bits per heavy atom. The zero-order valence-electron chi connectivity index (χ0n) is 11.0. The molecule has 1 atom stereocenters. The molecule has 1 unspecified atom stereocenters. The highest BCUT2D eigenvalue weighted by Crippen LogP contribution is 2.28. The molecule has 0 fully saturated rings. The van der Waals surface area contributed by atoms with Gasteiger partial charge < -0.3 is 5.32 Å². The van der Waals surface area contributed by atoms with Crippen LogP contribution in [0.15, 0.2) is 59.6 Å². The number of nitrogens with one attached hydrogen (secondary N) is 1. The summed E-state index contributed by atoms with van der Waals surface area (Å²) in [6.07, 6.45) is 7.42.